The zero-order valence-corrected chi connectivity index (χ0v) is 11.3. The molecule has 0 fully saturated rings. The minimum absolute atomic E-state index is 0.162. The number of hydrogen-bond donors (Lipinski definition) is 0. The van der Waals surface area contributed by atoms with Crippen LogP contribution in [-0.4, -0.2) is 6.08 Å². The van der Waals surface area contributed by atoms with Crippen molar-refractivity contribution in [1.29, 1.82) is 0 Å². The van der Waals surface area contributed by atoms with E-state index in [1.807, 2.05) is 12.1 Å². The maximum atomic E-state index is 7.69. The highest BCUT2D eigenvalue weighted by atomic mass is 16.5. The molecule has 1 rings (SSSR count). The molecule has 0 saturated heterocycles. The van der Waals surface area contributed by atoms with E-state index in [4.69, 9.17) is 6.11 Å². The van der Waals surface area contributed by atoms with Crippen molar-refractivity contribution >= 4 is 0 Å². The van der Waals surface area contributed by atoms with Crippen LogP contribution in [0.3, 0.4) is 0 Å². The van der Waals surface area contributed by atoms with Crippen molar-refractivity contribution in [3.8, 4) is 5.75 Å². The molecule has 0 radical (unpaired) electrons. The summed E-state index contributed by atoms with van der Waals surface area (Å²) in [6.45, 7) is 12.4. The predicted molar refractivity (Wildman–Crippen MR) is 70.1 cm³/mol. The highest BCUT2D eigenvalue weighted by molar-refractivity contribution is 5.32. The molecule has 1 heteroatoms. The second-order valence-corrected chi connectivity index (χ2v) is 5.41. The lowest BCUT2D eigenvalue weighted by atomic mass is 9.75. The topological polar surface area (TPSA) is 9.23 Å². The average Bonchev–Trinajstić information content (AvgIpc) is 2.15. The molecule has 1 aromatic carbocycles. The quantitative estimate of drug-likeness (QED) is 0.732. The monoisotopic (exact) mass is 221 g/mol. The van der Waals surface area contributed by atoms with Gasteiger partial charge in [-0.2, -0.15) is 0 Å². The van der Waals surface area contributed by atoms with E-state index < -0.39 is 6.08 Å². The van der Waals surface area contributed by atoms with Crippen LogP contribution in [-0.2, 0) is 5.41 Å². The third-order valence-corrected chi connectivity index (χ3v) is 3.36. The van der Waals surface area contributed by atoms with E-state index in [0.29, 0.717) is 5.92 Å². The summed E-state index contributed by atoms with van der Waals surface area (Å²) in [6.07, 6.45) is -0.880. The van der Waals surface area contributed by atoms with Gasteiger partial charge in [-0.05, 0) is 42.9 Å². The molecular weight excluding hydrogens is 196 g/mol. The summed E-state index contributed by atoms with van der Waals surface area (Å²) < 4.78 is 13.2. The van der Waals surface area contributed by atoms with Crippen LogP contribution in [0.1, 0.15) is 48.5 Å². The van der Waals surface area contributed by atoms with Crippen LogP contribution in [0.4, 0.5) is 0 Å². The van der Waals surface area contributed by atoms with Crippen molar-refractivity contribution in [2.75, 3.05) is 0 Å². The van der Waals surface area contributed by atoms with Gasteiger partial charge in [-0.1, -0.05) is 39.8 Å². The number of ether oxygens (including phenoxy) is 1. The largest absolute Gasteiger partial charge is 0.491 e. The molecule has 0 saturated carbocycles. The molecule has 16 heavy (non-hydrogen) atoms. The lowest BCUT2D eigenvalue weighted by Gasteiger charge is -2.30. The van der Waals surface area contributed by atoms with Gasteiger partial charge >= 0.3 is 0 Å². The van der Waals surface area contributed by atoms with Crippen molar-refractivity contribution in [3.63, 3.8) is 0 Å². The molecule has 0 amide bonds. The molecule has 0 bridgehead atoms. The Balaban J connectivity index is 2.89. The molecule has 0 heterocycles. The number of rotatable bonds is 4. The fourth-order valence-electron chi connectivity index (χ4n) is 1.52. The third-order valence-electron chi connectivity index (χ3n) is 3.36. The lowest BCUT2D eigenvalue weighted by Crippen LogP contribution is -2.24. The van der Waals surface area contributed by atoms with E-state index in [9.17, 15) is 0 Å². The number of hydrogen-bond acceptors (Lipinski definition) is 1. The van der Waals surface area contributed by atoms with Gasteiger partial charge in [0.1, 0.15) is 5.75 Å². The van der Waals surface area contributed by atoms with Gasteiger partial charge in [0.15, 0.2) is 0 Å². The van der Waals surface area contributed by atoms with E-state index in [-0.39, 0.29) is 5.41 Å². The van der Waals surface area contributed by atoms with Crippen LogP contribution in [0, 0.1) is 5.92 Å². The molecular formula is C15H24O. The van der Waals surface area contributed by atoms with Crippen LogP contribution in [0.5, 0.6) is 5.75 Å². The Morgan fingerprint density at radius 1 is 1.06 bits per heavy atom. The average molecular weight is 221 g/mol. The predicted octanol–water partition coefficient (Wildman–Crippen LogP) is 4.41. The normalized spacial score (nSPS) is 13.8. The van der Waals surface area contributed by atoms with Crippen LogP contribution in [0.15, 0.2) is 24.3 Å². The minimum Gasteiger partial charge on any atom is -0.491 e. The highest BCUT2D eigenvalue weighted by Crippen LogP contribution is 2.32. The maximum Gasteiger partial charge on any atom is 0.119 e. The Bertz CT molecular complexity index is 358. The summed E-state index contributed by atoms with van der Waals surface area (Å²) in [6, 6.07) is 8.10. The Kier molecular flexibility index (Phi) is 3.52. The van der Waals surface area contributed by atoms with Crippen LogP contribution < -0.4 is 4.74 Å². The molecule has 0 aliphatic rings. The summed E-state index contributed by atoms with van der Waals surface area (Å²) in [4.78, 5) is 0. The van der Waals surface area contributed by atoms with Crippen LogP contribution in [0.25, 0.3) is 0 Å². The second-order valence-electron chi connectivity index (χ2n) is 5.41. The third kappa shape index (κ3) is 3.01. The molecule has 90 valence electrons. The summed E-state index contributed by atoms with van der Waals surface area (Å²) in [5.74, 6) is 1.34. The van der Waals surface area contributed by atoms with Gasteiger partial charge in [-0.25, -0.2) is 0 Å². The van der Waals surface area contributed by atoms with E-state index in [1.54, 1.807) is 13.8 Å². The zero-order valence-electron chi connectivity index (χ0n) is 12.3. The summed E-state index contributed by atoms with van der Waals surface area (Å²) >= 11 is 0. The molecule has 0 N–H and O–H groups in total. The zero-order chi connectivity index (χ0) is 13.3. The molecule has 1 aromatic rings. The van der Waals surface area contributed by atoms with Crippen molar-refractivity contribution in [2.24, 2.45) is 5.92 Å². The summed E-state index contributed by atoms with van der Waals surface area (Å²) in [5, 5.41) is 0. The first kappa shape index (κ1) is 11.5. The maximum absolute atomic E-state index is 7.69. The van der Waals surface area contributed by atoms with Gasteiger partial charge in [-0.3, -0.25) is 0 Å². The standard InChI is InChI=1S/C15H24O/c1-11(2)15(5,6)13-7-9-14(10-8-13)16-12(3)4/h7-12H,1-6H3/i12D. The molecule has 0 unspecified atom stereocenters. The first-order chi connectivity index (χ1) is 7.63. The Morgan fingerprint density at radius 3 is 1.94 bits per heavy atom. The van der Waals surface area contributed by atoms with Gasteiger partial charge in [0.05, 0.1) is 7.45 Å². The molecule has 0 aromatic heterocycles. The molecule has 0 aliphatic carbocycles. The Labute approximate surface area is 101 Å². The van der Waals surface area contributed by atoms with E-state index in [0.717, 1.165) is 5.75 Å². The first-order valence-electron chi connectivity index (χ1n) is 6.42. The van der Waals surface area contributed by atoms with Crippen molar-refractivity contribution in [2.45, 2.75) is 53.0 Å². The Hall–Kier alpha value is -0.980. The van der Waals surface area contributed by atoms with Gasteiger partial charge < -0.3 is 4.74 Å². The minimum atomic E-state index is -0.880. The second kappa shape index (κ2) is 4.90. The molecule has 0 atom stereocenters. The summed E-state index contributed by atoms with van der Waals surface area (Å²) in [7, 11) is 0. The Morgan fingerprint density at radius 2 is 1.56 bits per heavy atom. The van der Waals surface area contributed by atoms with Crippen molar-refractivity contribution in [1.82, 2.24) is 0 Å². The van der Waals surface area contributed by atoms with Crippen molar-refractivity contribution < 1.29 is 6.11 Å². The van der Waals surface area contributed by atoms with Gasteiger partial charge in [-0.15, -0.1) is 0 Å². The smallest absolute Gasteiger partial charge is 0.119 e. The fourth-order valence-corrected chi connectivity index (χ4v) is 1.52. The highest BCUT2D eigenvalue weighted by Gasteiger charge is 2.24. The van der Waals surface area contributed by atoms with E-state index in [1.165, 1.54) is 5.56 Å². The number of benzene rings is 1. The molecule has 0 spiro atoms. The van der Waals surface area contributed by atoms with Gasteiger partial charge in [0.2, 0.25) is 0 Å². The van der Waals surface area contributed by atoms with Gasteiger partial charge in [0.25, 0.3) is 0 Å². The lowest BCUT2D eigenvalue weighted by molar-refractivity contribution is 0.242. The van der Waals surface area contributed by atoms with E-state index >= 15 is 0 Å². The SMILES string of the molecule is [2H]C(C)(C)Oc1ccc(C(C)(C)C(C)C)cc1. The van der Waals surface area contributed by atoms with Crippen molar-refractivity contribution in [3.05, 3.63) is 29.8 Å². The van der Waals surface area contributed by atoms with E-state index in [2.05, 4.69) is 39.8 Å². The fraction of sp³-hybridized carbons (Fsp3) is 0.600. The van der Waals surface area contributed by atoms with Gasteiger partial charge in [0, 0.05) is 0 Å². The molecule has 0 aliphatic heterocycles. The van der Waals surface area contributed by atoms with Crippen LogP contribution >= 0.6 is 0 Å². The first-order valence-corrected chi connectivity index (χ1v) is 5.92. The summed E-state index contributed by atoms with van der Waals surface area (Å²) in [5.41, 5.74) is 1.47. The molecule has 1 nitrogen and oxygen atoms in total. The van der Waals surface area contributed by atoms with Crippen LogP contribution in [0.2, 0.25) is 0 Å².